The predicted molar refractivity (Wildman–Crippen MR) is 137 cm³/mol. The van der Waals surface area contributed by atoms with Gasteiger partial charge in [-0.05, 0) is 81.3 Å². The smallest absolute Gasteiger partial charge is 0.343 e. The van der Waals surface area contributed by atoms with E-state index in [1.54, 1.807) is 68.5 Å². The average molecular weight is 493 g/mol. The van der Waals surface area contributed by atoms with Gasteiger partial charge in [-0.2, -0.15) is 0 Å². The van der Waals surface area contributed by atoms with Crippen LogP contribution in [-0.4, -0.2) is 48.9 Å². The van der Waals surface area contributed by atoms with Crippen LogP contribution in [0, 0.1) is 5.41 Å². The van der Waals surface area contributed by atoms with Gasteiger partial charge < -0.3 is 25.8 Å². The predicted octanol–water partition coefficient (Wildman–Crippen LogP) is 2.78. The van der Waals surface area contributed by atoms with Gasteiger partial charge in [-0.25, -0.2) is 4.79 Å². The summed E-state index contributed by atoms with van der Waals surface area (Å²) in [5, 5.41) is 13.6. The van der Waals surface area contributed by atoms with Crippen LogP contribution < -0.4 is 21.1 Å². The SMILES string of the molecule is CCOC(=O)C1NCCCCC1NC(=O)C(C)=Cc1ccc(C(=O)Oc2ccc(C(=N)N)cc2)cc1. The Bertz CT molecular complexity index is 1130. The highest BCUT2D eigenvalue weighted by Gasteiger charge is 2.31. The van der Waals surface area contributed by atoms with E-state index in [4.69, 9.17) is 20.6 Å². The van der Waals surface area contributed by atoms with Gasteiger partial charge in [0.05, 0.1) is 18.2 Å². The third kappa shape index (κ3) is 7.26. The van der Waals surface area contributed by atoms with E-state index in [0.29, 0.717) is 35.4 Å². The highest BCUT2D eigenvalue weighted by atomic mass is 16.5. The van der Waals surface area contributed by atoms with Gasteiger partial charge in [0.2, 0.25) is 5.91 Å². The molecule has 3 rings (SSSR count). The van der Waals surface area contributed by atoms with Crippen molar-refractivity contribution >= 4 is 29.8 Å². The topological polar surface area (TPSA) is 144 Å². The van der Waals surface area contributed by atoms with E-state index < -0.39 is 12.0 Å². The number of carbonyl (C=O) groups excluding carboxylic acids is 3. The summed E-state index contributed by atoms with van der Waals surface area (Å²) in [6.45, 7) is 4.44. The van der Waals surface area contributed by atoms with Crippen LogP contribution in [0.2, 0.25) is 0 Å². The molecule has 1 fully saturated rings. The lowest BCUT2D eigenvalue weighted by Gasteiger charge is -2.25. The van der Waals surface area contributed by atoms with E-state index >= 15 is 0 Å². The Morgan fingerprint density at radius 2 is 1.75 bits per heavy atom. The zero-order valence-electron chi connectivity index (χ0n) is 20.5. The van der Waals surface area contributed by atoms with Crippen molar-refractivity contribution in [2.45, 2.75) is 45.2 Å². The lowest BCUT2D eigenvalue weighted by Crippen LogP contribution is -2.53. The molecule has 0 bridgehead atoms. The van der Waals surface area contributed by atoms with Gasteiger partial charge in [-0.15, -0.1) is 0 Å². The number of amidine groups is 1. The quantitative estimate of drug-likeness (QED) is 0.146. The number of nitrogen functional groups attached to an aromatic ring is 1. The highest BCUT2D eigenvalue weighted by Crippen LogP contribution is 2.16. The summed E-state index contributed by atoms with van der Waals surface area (Å²) >= 11 is 0. The van der Waals surface area contributed by atoms with Crippen molar-refractivity contribution in [2.24, 2.45) is 5.73 Å². The maximum Gasteiger partial charge on any atom is 0.343 e. The van der Waals surface area contributed by atoms with Gasteiger partial charge in [0.25, 0.3) is 0 Å². The number of carbonyl (C=O) groups is 3. The van der Waals surface area contributed by atoms with E-state index in [-0.39, 0.29) is 30.4 Å². The van der Waals surface area contributed by atoms with Crippen molar-refractivity contribution in [1.82, 2.24) is 10.6 Å². The second kappa shape index (κ2) is 12.6. The summed E-state index contributed by atoms with van der Waals surface area (Å²) < 4.78 is 10.5. The number of ether oxygens (including phenoxy) is 2. The number of amides is 1. The van der Waals surface area contributed by atoms with Crippen molar-refractivity contribution in [3.05, 3.63) is 70.8 Å². The minimum Gasteiger partial charge on any atom is -0.465 e. The number of hydrogen-bond donors (Lipinski definition) is 4. The van der Waals surface area contributed by atoms with E-state index in [2.05, 4.69) is 10.6 Å². The van der Waals surface area contributed by atoms with Crippen molar-refractivity contribution in [2.75, 3.05) is 13.2 Å². The molecule has 36 heavy (non-hydrogen) atoms. The average Bonchev–Trinajstić information content (AvgIpc) is 3.10. The zero-order chi connectivity index (χ0) is 26.1. The second-order valence-electron chi connectivity index (χ2n) is 8.54. The molecule has 1 heterocycles. The normalized spacial score (nSPS) is 18.0. The first-order valence-corrected chi connectivity index (χ1v) is 11.9. The van der Waals surface area contributed by atoms with Crippen LogP contribution in [0.1, 0.15) is 54.6 Å². The van der Waals surface area contributed by atoms with Crippen LogP contribution in [-0.2, 0) is 14.3 Å². The van der Waals surface area contributed by atoms with Gasteiger partial charge >= 0.3 is 11.9 Å². The molecule has 0 aliphatic carbocycles. The largest absolute Gasteiger partial charge is 0.465 e. The standard InChI is InChI=1S/C27H32N4O5/c1-3-35-27(34)23-22(6-4-5-15-30-23)31-25(32)17(2)16-18-7-9-20(10-8-18)26(33)36-21-13-11-19(12-14-21)24(28)29/h7-14,16,22-23,30H,3-6,15H2,1-2H3,(H3,28,29)(H,31,32). The maximum absolute atomic E-state index is 12.8. The molecule has 2 aromatic carbocycles. The molecule has 1 aliphatic rings. The highest BCUT2D eigenvalue weighted by molar-refractivity contribution is 5.98. The van der Waals surface area contributed by atoms with Crippen LogP contribution in [0.4, 0.5) is 0 Å². The van der Waals surface area contributed by atoms with Gasteiger partial charge in [0.15, 0.2) is 0 Å². The Hall–Kier alpha value is -3.98. The molecule has 9 nitrogen and oxygen atoms in total. The maximum atomic E-state index is 12.8. The van der Waals surface area contributed by atoms with E-state index in [0.717, 1.165) is 18.4 Å². The molecular formula is C27H32N4O5. The molecular weight excluding hydrogens is 460 g/mol. The minimum atomic E-state index is -0.576. The van der Waals surface area contributed by atoms with E-state index in [1.807, 2.05) is 0 Å². The van der Waals surface area contributed by atoms with Crippen molar-refractivity contribution < 1.29 is 23.9 Å². The summed E-state index contributed by atoms with van der Waals surface area (Å²) in [5.74, 6) is -0.874. The van der Waals surface area contributed by atoms with Crippen molar-refractivity contribution in [3.8, 4) is 5.75 Å². The number of nitrogens with two attached hydrogens (primary N) is 1. The van der Waals surface area contributed by atoms with Crippen LogP contribution in [0.15, 0.2) is 54.1 Å². The molecule has 2 atom stereocenters. The molecule has 1 saturated heterocycles. The molecule has 5 N–H and O–H groups in total. The van der Waals surface area contributed by atoms with Gasteiger partial charge in [0, 0.05) is 11.1 Å². The Balaban J connectivity index is 1.62. The van der Waals surface area contributed by atoms with Gasteiger partial charge in [0.1, 0.15) is 17.6 Å². The molecule has 0 aromatic heterocycles. The monoisotopic (exact) mass is 492 g/mol. The molecule has 1 aliphatic heterocycles. The summed E-state index contributed by atoms with van der Waals surface area (Å²) in [4.78, 5) is 37.6. The van der Waals surface area contributed by atoms with Crippen LogP contribution in [0.3, 0.4) is 0 Å². The molecule has 190 valence electrons. The summed E-state index contributed by atoms with van der Waals surface area (Å²) in [6, 6.07) is 12.1. The fourth-order valence-electron chi connectivity index (χ4n) is 3.87. The first-order valence-electron chi connectivity index (χ1n) is 11.9. The van der Waals surface area contributed by atoms with Crippen LogP contribution >= 0.6 is 0 Å². The number of rotatable bonds is 8. The lowest BCUT2D eigenvalue weighted by atomic mass is 10.0. The van der Waals surface area contributed by atoms with Crippen LogP contribution in [0.5, 0.6) is 5.75 Å². The summed E-state index contributed by atoms with van der Waals surface area (Å²) in [7, 11) is 0. The van der Waals surface area contributed by atoms with Gasteiger partial charge in [-0.3, -0.25) is 15.0 Å². The lowest BCUT2D eigenvalue weighted by molar-refractivity contribution is -0.146. The zero-order valence-corrected chi connectivity index (χ0v) is 20.5. The molecule has 9 heteroatoms. The first kappa shape index (κ1) is 26.6. The summed E-state index contributed by atoms with van der Waals surface area (Å²) in [6.07, 6.45) is 4.23. The third-order valence-corrected chi connectivity index (χ3v) is 5.83. The van der Waals surface area contributed by atoms with Gasteiger partial charge in [-0.1, -0.05) is 18.6 Å². The molecule has 0 radical (unpaired) electrons. The number of nitrogens with one attached hydrogen (secondary N) is 3. The van der Waals surface area contributed by atoms with Crippen molar-refractivity contribution in [3.63, 3.8) is 0 Å². The Kier molecular flexibility index (Phi) is 9.35. The number of hydrogen-bond acceptors (Lipinski definition) is 7. The fourth-order valence-corrected chi connectivity index (χ4v) is 3.87. The third-order valence-electron chi connectivity index (χ3n) is 5.83. The Labute approximate surface area is 210 Å². The van der Waals surface area contributed by atoms with E-state index in [1.165, 1.54) is 0 Å². The first-order chi connectivity index (χ1) is 17.3. The minimum absolute atomic E-state index is 0.0646. The molecule has 2 unspecified atom stereocenters. The molecule has 0 spiro atoms. The van der Waals surface area contributed by atoms with Crippen molar-refractivity contribution in [1.29, 1.82) is 5.41 Å². The second-order valence-corrected chi connectivity index (χ2v) is 8.54. The van der Waals surface area contributed by atoms with E-state index in [9.17, 15) is 14.4 Å². The number of benzene rings is 2. The van der Waals surface area contributed by atoms with Crippen LogP contribution in [0.25, 0.3) is 6.08 Å². The molecule has 0 saturated carbocycles. The Morgan fingerprint density at radius 1 is 1.08 bits per heavy atom. The number of esters is 2. The summed E-state index contributed by atoms with van der Waals surface area (Å²) in [5.41, 5.74) is 7.54. The molecule has 1 amide bonds. The molecule has 2 aromatic rings. The fraction of sp³-hybridized carbons (Fsp3) is 0.333. The Morgan fingerprint density at radius 3 is 2.39 bits per heavy atom.